The van der Waals surface area contributed by atoms with Gasteiger partial charge in [0.25, 0.3) is 0 Å². The van der Waals surface area contributed by atoms with Gasteiger partial charge in [-0.3, -0.25) is 0 Å². The molecule has 0 fully saturated rings. The van der Waals surface area contributed by atoms with Crippen LogP contribution in [-0.2, 0) is 0 Å². The summed E-state index contributed by atoms with van der Waals surface area (Å²) in [6.45, 7) is 0. The molecule has 0 aliphatic rings. The van der Waals surface area contributed by atoms with Gasteiger partial charge < -0.3 is 0 Å². The highest BCUT2D eigenvalue weighted by atomic mass is 19.4. The predicted molar refractivity (Wildman–Crippen MR) is 51.8 cm³/mol. The third-order valence-electron chi connectivity index (χ3n) is 2.01. The topological polar surface area (TPSA) is 14.1 Å². The van der Waals surface area contributed by atoms with E-state index < -0.39 is 6.30 Å². The van der Waals surface area contributed by atoms with Crippen LogP contribution < -0.4 is 5.32 Å². The number of rotatable bonds is 1. The van der Waals surface area contributed by atoms with Gasteiger partial charge in [0.2, 0.25) is 0 Å². The Balaban J connectivity index is 2.52. The van der Waals surface area contributed by atoms with Crippen molar-refractivity contribution >= 4 is 16.5 Å². The van der Waals surface area contributed by atoms with E-state index in [0.717, 1.165) is 5.39 Å². The first-order chi connectivity index (χ1) is 7.06. The fourth-order valence-electron chi connectivity index (χ4n) is 1.44. The van der Waals surface area contributed by atoms with Crippen molar-refractivity contribution in [3.8, 4) is 0 Å². The van der Waals surface area contributed by atoms with Gasteiger partial charge in [-0.2, -0.15) is 5.32 Å². The van der Waals surface area contributed by atoms with Gasteiger partial charge in [-0.1, -0.05) is 36.4 Å². The molecule has 0 aliphatic heterocycles. The lowest BCUT2D eigenvalue weighted by atomic mass is 10.1. The molecule has 2 rings (SSSR count). The summed E-state index contributed by atoms with van der Waals surface area (Å²) >= 11 is 0. The number of halogens is 3. The molecule has 1 nitrogen and oxygen atoms in total. The molecule has 0 spiro atoms. The largest absolute Gasteiger partial charge is 0.503 e. The van der Waals surface area contributed by atoms with Crippen LogP contribution in [0.4, 0.5) is 18.9 Å². The van der Waals surface area contributed by atoms with E-state index in [2.05, 4.69) is 5.32 Å². The van der Waals surface area contributed by atoms with Crippen LogP contribution in [0.3, 0.4) is 0 Å². The average molecular weight is 210 g/mol. The van der Waals surface area contributed by atoms with Crippen LogP contribution in [0, 0.1) is 0 Å². The van der Waals surface area contributed by atoms with Gasteiger partial charge in [0, 0.05) is 5.39 Å². The number of fused-ring (bicyclic) bond motifs is 1. The van der Waals surface area contributed by atoms with Crippen LogP contribution in [-0.4, -0.2) is 6.30 Å². The standard InChI is InChI=1S/C11H7F3N/c12-11(13,14)15-10-7-3-5-8-4-1-2-6-9(8)10/h1-7H. The first kappa shape index (κ1) is 9.83. The number of alkyl halides is 3. The third kappa shape index (κ3) is 2.21. The Morgan fingerprint density at radius 1 is 0.867 bits per heavy atom. The van der Waals surface area contributed by atoms with Crippen LogP contribution in [0.5, 0.6) is 0 Å². The van der Waals surface area contributed by atoms with Gasteiger partial charge in [0.15, 0.2) is 0 Å². The van der Waals surface area contributed by atoms with Crippen molar-refractivity contribution in [1.82, 2.24) is 5.32 Å². The zero-order valence-corrected chi connectivity index (χ0v) is 7.62. The van der Waals surface area contributed by atoms with Crippen molar-refractivity contribution in [2.75, 3.05) is 0 Å². The summed E-state index contributed by atoms with van der Waals surface area (Å²) in [6, 6.07) is 11.5. The van der Waals surface area contributed by atoms with E-state index in [0.29, 0.717) is 5.39 Å². The van der Waals surface area contributed by atoms with Gasteiger partial charge in [-0.15, -0.1) is 13.2 Å². The number of benzene rings is 2. The third-order valence-corrected chi connectivity index (χ3v) is 2.01. The minimum absolute atomic E-state index is 0.0411. The van der Waals surface area contributed by atoms with Crippen molar-refractivity contribution in [3.05, 3.63) is 42.5 Å². The maximum Gasteiger partial charge on any atom is 0.503 e. The van der Waals surface area contributed by atoms with E-state index in [1.807, 2.05) is 0 Å². The van der Waals surface area contributed by atoms with Gasteiger partial charge in [0.05, 0.1) is 5.69 Å². The minimum Gasteiger partial charge on any atom is -0.184 e. The SMILES string of the molecule is FC(F)(F)[N]c1cccc2ccccc12. The molecule has 0 bridgehead atoms. The Bertz CT molecular complexity index is 471. The van der Waals surface area contributed by atoms with Gasteiger partial charge >= 0.3 is 6.30 Å². The molecule has 0 saturated heterocycles. The minimum atomic E-state index is -4.52. The van der Waals surface area contributed by atoms with Crippen molar-refractivity contribution in [2.24, 2.45) is 0 Å². The second-order valence-corrected chi connectivity index (χ2v) is 3.08. The summed E-state index contributed by atoms with van der Waals surface area (Å²) in [5.41, 5.74) is -0.0411. The fraction of sp³-hybridized carbons (Fsp3) is 0.0909. The highest BCUT2D eigenvalue weighted by Crippen LogP contribution is 2.27. The van der Waals surface area contributed by atoms with Crippen LogP contribution in [0.25, 0.3) is 10.8 Å². The molecule has 0 N–H and O–H groups in total. The Morgan fingerprint density at radius 2 is 1.53 bits per heavy atom. The molecule has 0 unspecified atom stereocenters. The van der Waals surface area contributed by atoms with Crippen LogP contribution in [0.1, 0.15) is 0 Å². The van der Waals surface area contributed by atoms with E-state index in [9.17, 15) is 13.2 Å². The molecule has 2 aromatic rings. The zero-order valence-electron chi connectivity index (χ0n) is 7.62. The summed E-state index contributed by atoms with van der Waals surface area (Å²) in [6.07, 6.45) is -4.52. The molecule has 0 saturated carbocycles. The molecule has 0 aliphatic carbocycles. The molecule has 0 amide bonds. The van der Waals surface area contributed by atoms with E-state index in [4.69, 9.17) is 0 Å². The predicted octanol–water partition coefficient (Wildman–Crippen LogP) is 3.60. The second-order valence-electron chi connectivity index (χ2n) is 3.08. The van der Waals surface area contributed by atoms with E-state index in [1.165, 1.54) is 6.07 Å². The van der Waals surface area contributed by atoms with Gasteiger partial charge in [-0.25, -0.2) is 0 Å². The Morgan fingerprint density at radius 3 is 2.27 bits per heavy atom. The quantitative estimate of drug-likeness (QED) is 0.638. The van der Waals surface area contributed by atoms with Gasteiger partial charge in [-0.05, 0) is 11.5 Å². The summed E-state index contributed by atoms with van der Waals surface area (Å²) in [7, 11) is 0. The lowest BCUT2D eigenvalue weighted by Crippen LogP contribution is -2.19. The Labute approximate surface area is 84.5 Å². The molecular weight excluding hydrogens is 203 g/mol. The van der Waals surface area contributed by atoms with Crippen molar-refractivity contribution in [1.29, 1.82) is 0 Å². The summed E-state index contributed by atoms with van der Waals surface area (Å²) in [5, 5.41) is 3.98. The smallest absolute Gasteiger partial charge is 0.184 e. The molecule has 0 atom stereocenters. The summed E-state index contributed by atoms with van der Waals surface area (Å²) in [4.78, 5) is 0. The molecule has 0 heterocycles. The van der Waals surface area contributed by atoms with Crippen LogP contribution in [0.2, 0.25) is 0 Å². The number of hydrogen-bond donors (Lipinski definition) is 0. The number of hydrogen-bond acceptors (Lipinski definition) is 0. The second kappa shape index (κ2) is 3.46. The fourth-order valence-corrected chi connectivity index (χ4v) is 1.44. The number of nitrogens with zero attached hydrogens (tertiary/aromatic N) is 1. The Hall–Kier alpha value is -1.71. The summed E-state index contributed by atoms with van der Waals surface area (Å²) < 4.78 is 36.3. The maximum absolute atomic E-state index is 12.1. The first-order valence-corrected chi connectivity index (χ1v) is 4.34. The normalized spacial score (nSPS) is 11.7. The molecule has 2 aromatic carbocycles. The Kier molecular flexibility index (Phi) is 2.26. The lowest BCUT2D eigenvalue weighted by Gasteiger charge is -2.08. The van der Waals surface area contributed by atoms with Crippen molar-refractivity contribution in [2.45, 2.75) is 6.30 Å². The highest BCUT2D eigenvalue weighted by molar-refractivity contribution is 5.92. The maximum atomic E-state index is 12.1. The van der Waals surface area contributed by atoms with Crippen molar-refractivity contribution < 1.29 is 13.2 Å². The first-order valence-electron chi connectivity index (χ1n) is 4.34. The van der Waals surface area contributed by atoms with E-state index in [1.54, 1.807) is 36.4 Å². The van der Waals surface area contributed by atoms with Gasteiger partial charge in [0.1, 0.15) is 0 Å². The van der Waals surface area contributed by atoms with Crippen LogP contribution in [0.15, 0.2) is 42.5 Å². The lowest BCUT2D eigenvalue weighted by molar-refractivity contribution is -0.147. The van der Waals surface area contributed by atoms with E-state index >= 15 is 0 Å². The molecular formula is C11H7F3N. The van der Waals surface area contributed by atoms with Crippen LogP contribution >= 0.6 is 0 Å². The average Bonchev–Trinajstić information content (AvgIpc) is 2.16. The van der Waals surface area contributed by atoms with E-state index in [-0.39, 0.29) is 5.69 Å². The highest BCUT2D eigenvalue weighted by Gasteiger charge is 2.30. The molecule has 4 heteroatoms. The monoisotopic (exact) mass is 210 g/mol. The zero-order chi connectivity index (χ0) is 10.9. The van der Waals surface area contributed by atoms with Crippen molar-refractivity contribution in [3.63, 3.8) is 0 Å². The molecule has 77 valence electrons. The molecule has 15 heavy (non-hydrogen) atoms. The molecule has 1 radical (unpaired) electrons. The summed E-state index contributed by atoms with van der Waals surface area (Å²) in [5.74, 6) is 0. The molecule has 0 aromatic heterocycles.